The molecule has 0 saturated heterocycles. The van der Waals surface area contributed by atoms with E-state index < -0.39 is 10.4 Å². The van der Waals surface area contributed by atoms with E-state index in [0.29, 0.717) is 0 Å². The second kappa shape index (κ2) is 7.41. The highest BCUT2D eigenvalue weighted by atomic mass is 35.5. The van der Waals surface area contributed by atoms with Gasteiger partial charge in [0.25, 0.3) is 0 Å². The third-order valence-corrected chi connectivity index (χ3v) is 0. The quantitative estimate of drug-likeness (QED) is 0.494. The van der Waals surface area contributed by atoms with Gasteiger partial charge in [0.15, 0.2) is 0 Å². The summed E-state index contributed by atoms with van der Waals surface area (Å²) in [5, 5.41) is 0. The zero-order valence-corrected chi connectivity index (χ0v) is 5.89. The molecule has 0 saturated carbocycles. The second-order valence-corrected chi connectivity index (χ2v) is 1.34. The summed E-state index contributed by atoms with van der Waals surface area (Å²) < 4.78 is 31.6. The molecule has 0 fully saturated rings. The second-order valence-electron chi connectivity index (χ2n) is 0.448. The van der Waals surface area contributed by atoms with Crippen LogP contribution in [-0.2, 0) is 10.4 Å². The molecule has 56 valence electrons. The molecule has 0 aromatic rings. The topological polar surface area (TPSA) is 106 Å². The van der Waals surface area contributed by atoms with Gasteiger partial charge in [-0.2, -0.15) is 8.42 Å². The number of hydrogen-bond acceptors (Lipinski definition) is 2. The molecular weight excluding hydrogens is 183 g/mol. The maximum Gasteiger partial charge on any atom is 0.394 e. The molecule has 0 bridgehead atoms. The highest BCUT2D eigenvalue weighted by Gasteiger charge is 1.84. The van der Waals surface area contributed by atoms with E-state index >= 15 is 0 Å². The average Bonchev–Trinajstić information content (AvgIpc) is 0.722. The van der Waals surface area contributed by atoms with Crippen molar-refractivity contribution in [2.24, 2.45) is 0 Å². The van der Waals surface area contributed by atoms with Crippen LogP contribution in [0.25, 0.3) is 0 Å². The summed E-state index contributed by atoms with van der Waals surface area (Å²) in [6.07, 6.45) is 0. The van der Waals surface area contributed by atoms with E-state index in [-0.39, 0.29) is 30.3 Å². The summed E-state index contributed by atoms with van der Waals surface area (Å²) in [5.41, 5.74) is 0. The fourth-order valence-corrected chi connectivity index (χ4v) is 0. The van der Waals surface area contributed by atoms with Crippen LogP contribution in [0.3, 0.4) is 0 Å². The Hall–Kier alpha value is 0.410. The molecule has 0 aliphatic rings. The van der Waals surface area contributed by atoms with E-state index in [1.165, 1.54) is 0 Å². The number of rotatable bonds is 0. The highest BCUT2D eigenvalue weighted by Crippen LogP contribution is 1.59. The van der Waals surface area contributed by atoms with Crippen LogP contribution in [0.4, 0.5) is 0 Å². The van der Waals surface area contributed by atoms with Crippen molar-refractivity contribution in [3.05, 3.63) is 0 Å². The van der Waals surface area contributed by atoms with Gasteiger partial charge < -0.3 is 5.48 Å². The van der Waals surface area contributed by atoms with Crippen LogP contribution in [-0.4, -0.2) is 23.0 Å². The lowest BCUT2D eigenvalue weighted by atomic mass is 15.8. The first-order valence-electron chi connectivity index (χ1n) is 0.698. The van der Waals surface area contributed by atoms with Crippen molar-refractivity contribution in [3.8, 4) is 0 Å². The van der Waals surface area contributed by atoms with Gasteiger partial charge in [-0.3, -0.25) is 9.11 Å². The van der Waals surface area contributed by atoms with Gasteiger partial charge in [0.05, 0.1) is 0 Å². The van der Waals surface area contributed by atoms with E-state index in [1.807, 2.05) is 0 Å². The van der Waals surface area contributed by atoms with Gasteiger partial charge in [-0.1, -0.05) is 0 Å². The van der Waals surface area contributed by atoms with E-state index in [4.69, 9.17) is 17.5 Å². The zero-order chi connectivity index (χ0) is 4.50. The first kappa shape index (κ1) is 23.7. The minimum absolute atomic E-state index is 0. The average molecular weight is 189 g/mol. The molecule has 0 atom stereocenters. The van der Waals surface area contributed by atoms with Crippen LogP contribution in [0.15, 0.2) is 0 Å². The molecule has 0 spiro atoms. The molecule has 5 nitrogen and oxygen atoms in total. The van der Waals surface area contributed by atoms with Gasteiger partial charge in [-0.15, -0.1) is 24.8 Å². The Morgan fingerprint density at radius 3 is 1.00 bits per heavy atom. The van der Waals surface area contributed by atoms with Gasteiger partial charge in [0, 0.05) is 0 Å². The minimum Gasteiger partial charge on any atom is -0.412 e. The maximum absolute atomic E-state index is 8.74. The van der Waals surface area contributed by atoms with Crippen LogP contribution in [0.5, 0.6) is 0 Å². The molecule has 0 radical (unpaired) electrons. The predicted molar refractivity (Wildman–Crippen MR) is 32.3 cm³/mol. The van der Waals surface area contributed by atoms with Crippen molar-refractivity contribution < 1.29 is 23.0 Å². The molecule has 0 aromatic carbocycles. The number of hydrogen-bond donors (Lipinski definition) is 2. The van der Waals surface area contributed by atoms with Crippen molar-refractivity contribution >= 4 is 35.2 Å². The third kappa shape index (κ3) is 1120. The van der Waals surface area contributed by atoms with Gasteiger partial charge in [0.2, 0.25) is 0 Å². The SMILES string of the molecule is Cl.Cl.O.O=S(=O)(O)O. The molecule has 0 aliphatic heterocycles. The van der Waals surface area contributed by atoms with Crippen molar-refractivity contribution in [2.75, 3.05) is 0 Å². The molecular formula is H6Cl2O5S. The van der Waals surface area contributed by atoms with E-state index in [2.05, 4.69) is 0 Å². The summed E-state index contributed by atoms with van der Waals surface area (Å²) in [6, 6.07) is 0. The monoisotopic (exact) mass is 188 g/mol. The first-order valence-corrected chi connectivity index (χ1v) is 2.10. The van der Waals surface area contributed by atoms with Crippen LogP contribution in [0.2, 0.25) is 0 Å². The first-order chi connectivity index (χ1) is 2.00. The van der Waals surface area contributed by atoms with Crippen molar-refractivity contribution in [2.45, 2.75) is 0 Å². The Balaban J connectivity index is -0.0000000267. The Bertz CT molecular complexity index is 93.6. The van der Waals surface area contributed by atoms with Crippen LogP contribution in [0, 0.1) is 0 Å². The number of halogens is 2. The van der Waals surface area contributed by atoms with E-state index in [9.17, 15) is 0 Å². The van der Waals surface area contributed by atoms with Gasteiger partial charge in [-0.25, -0.2) is 0 Å². The fourth-order valence-electron chi connectivity index (χ4n) is 0. The van der Waals surface area contributed by atoms with Gasteiger partial charge in [-0.05, 0) is 0 Å². The van der Waals surface area contributed by atoms with Crippen molar-refractivity contribution in [1.82, 2.24) is 0 Å². The van der Waals surface area contributed by atoms with Gasteiger partial charge >= 0.3 is 10.4 Å². The summed E-state index contributed by atoms with van der Waals surface area (Å²) in [7, 11) is -4.67. The zero-order valence-electron chi connectivity index (χ0n) is 3.44. The van der Waals surface area contributed by atoms with Crippen LogP contribution >= 0.6 is 24.8 Å². The lowest BCUT2D eigenvalue weighted by Crippen LogP contribution is -1.89. The van der Waals surface area contributed by atoms with E-state index in [0.717, 1.165) is 0 Å². The largest absolute Gasteiger partial charge is 0.412 e. The molecule has 8 heteroatoms. The molecule has 0 rings (SSSR count). The highest BCUT2D eigenvalue weighted by molar-refractivity contribution is 7.79. The molecule has 4 N–H and O–H groups in total. The lowest BCUT2D eigenvalue weighted by Gasteiger charge is -1.68. The van der Waals surface area contributed by atoms with Crippen molar-refractivity contribution in [3.63, 3.8) is 0 Å². The molecule has 0 heterocycles. The fraction of sp³-hybridized carbons (Fsp3) is 0. The van der Waals surface area contributed by atoms with Crippen LogP contribution in [0.1, 0.15) is 0 Å². The summed E-state index contributed by atoms with van der Waals surface area (Å²) in [4.78, 5) is 0. The third-order valence-electron chi connectivity index (χ3n) is 0. The Kier molecular flexibility index (Phi) is 22.0. The smallest absolute Gasteiger partial charge is 0.394 e. The summed E-state index contributed by atoms with van der Waals surface area (Å²) >= 11 is 0. The van der Waals surface area contributed by atoms with Crippen molar-refractivity contribution in [1.29, 1.82) is 0 Å². The molecule has 0 aromatic heterocycles. The molecule has 0 amide bonds. The van der Waals surface area contributed by atoms with Gasteiger partial charge in [0.1, 0.15) is 0 Å². The Morgan fingerprint density at radius 2 is 1.00 bits per heavy atom. The molecule has 8 heavy (non-hydrogen) atoms. The standard InChI is InChI=1S/2ClH.H2O4S.H2O/c;;1-5(2,3)4;/h2*1H;(H2,1,2,3,4);1H2. The summed E-state index contributed by atoms with van der Waals surface area (Å²) in [6.45, 7) is 0. The predicted octanol–water partition coefficient (Wildman–Crippen LogP) is -0.634. The summed E-state index contributed by atoms with van der Waals surface area (Å²) in [5.74, 6) is 0. The Labute approximate surface area is 58.8 Å². The van der Waals surface area contributed by atoms with E-state index in [1.54, 1.807) is 0 Å². The lowest BCUT2D eigenvalue weighted by molar-refractivity contribution is 0.381. The minimum atomic E-state index is -4.67. The molecule has 0 aliphatic carbocycles. The Morgan fingerprint density at radius 1 is 1.00 bits per heavy atom. The molecule has 0 unspecified atom stereocenters. The maximum atomic E-state index is 8.74. The van der Waals surface area contributed by atoms with Crippen LogP contribution < -0.4 is 0 Å². The normalized spacial score (nSPS) is 7.25.